The van der Waals surface area contributed by atoms with Crippen molar-refractivity contribution in [3.8, 4) is 11.4 Å². The van der Waals surface area contributed by atoms with Crippen molar-refractivity contribution in [2.24, 2.45) is 5.92 Å². The molecule has 8 nitrogen and oxygen atoms in total. The molecule has 2 amide bonds. The van der Waals surface area contributed by atoms with Crippen LogP contribution in [0.4, 0.5) is 5.82 Å². The summed E-state index contributed by atoms with van der Waals surface area (Å²) in [6.07, 6.45) is 0. The average Bonchev–Trinajstić information content (AvgIpc) is 3.14. The van der Waals surface area contributed by atoms with Crippen molar-refractivity contribution in [3.05, 3.63) is 36.0 Å². The van der Waals surface area contributed by atoms with E-state index in [-0.39, 0.29) is 29.7 Å². The van der Waals surface area contributed by atoms with Crippen molar-refractivity contribution in [1.82, 2.24) is 14.7 Å². The first-order valence-electron chi connectivity index (χ1n) is 10.4. The maximum absolute atomic E-state index is 12.8. The molecule has 0 aliphatic heterocycles. The van der Waals surface area contributed by atoms with E-state index in [1.54, 1.807) is 18.9 Å². The molecule has 0 saturated carbocycles. The van der Waals surface area contributed by atoms with Crippen LogP contribution in [0.2, 0.25) is 0 Å². The van der Waals surface area contributed by atoms with E-state index in [1.807, 2.05) is 44.2 Å². The lowest BCUT2D eigenvalue weighted by Gasteiger charge is -2.23. The highest BCUT2D eigenvalue weighted by Crippen LogP contribution is 2.27. The smallest absolute Gasteiger partial charge is 0.245 e. The third-order valence-electron chi connectivity index (χ3n) is 4.77. The Hall–Kier alpha value is -2.87. The molecule has 1 heterocycles. The second kappa shape index (κ2) is 10.4. The van der Waals surface area contributed by atoms with Crippen LogP contribution in [0.3, 0.4) is 0 Å². The Morgan fingerprint density at radius 3 is 2.32 bits per heavy atom. The minimum absolute atomic E-state index is 0.0565. The number of rotatable bonds is 9. The zero-order valence-electron chi connectivity index (χ0n) is 19.6. The standard InChI is InChI=1S/C23H34N4O4/c1-16(2)22(29)26(12-13-30-6)15-21(28)24-20-14-19(23(3,4)5)25-27(20)17-8-10-18(31-7)11-9-17/h8-11,14,16H,12-13,15H2,1-7H3,(H,24,28). The van der Waals surface area contributed by atoms with E-state index in [4.69, 9.17) is 14.6 Å². The van der Waals surface area contributed by atoms with Crippen LogP contribution in [0.5, 0.6) is 5.75 Å². The van der Waals surface area contributed by atoms with Gasteiger partial charge in [0.25, 0.3) is 0 Å². The Labute approximate surface area is 184 Å². The van der Waals surface area contributed by atoms with E-state index in [0.717, 1.165) is 17.1 Å². The summed E-state index contributed by atoms with van der Waals surface area (Å²) in [5.74, 6) is 0.691. The lowest BCUT2D eigenvalue weighted by molar-refractivity contribution is -0.138. The van der Waals surface area contributed by atoms with E-state index in [1.165, 1.54) is 4.90 Å². The van der Waals surface area contributed by atoms with Gasteiger partial charge in [0.1, 0.15) is 11.6 Å². The molecule has 2 rings (SSSR count). The Kier molecular flexibility index (Phi) is 8.21. The van der Waals surface area contributed by atoms with Crippen LogP contribution in [0.25, 0.3) is 5.69 Å². The largest absolute Gasteiger partial charge is 0.497 e. The van der Waals surface area contributed by atoms with Gasteiger partial charge in [0, 0.05) is 31.1 Å². The van der Waals surface area contributed by atoms with Crippen molar-refractivity contribution in [2.45, 2.75) is 40.0 Å². The molecule has 0 bridgehead atoms. The summed E-state index contributed by atoms with van der Waals surface area (Å²) in [5.41, 5.74) is 1.43. The van der Waals surface area contributed by atoms with Crippen molar-refractivity contribution < 1.29 is 19.1 Å². The molecular formula is C23H34N4O4. The quantitative estimate of drug-likeness (QED) is 0.660. The average molecular weight is 431 g/mol. The molecule has 31 heavy (non-hydrogen) atoms. The number of carbonyl (C=O) groups is 2. The van der Waals surface area contributed by atoms with Crippen LogP contribution in [-0.4, -0.2) is 60.4 Å². The van der Waals surface area contributed by atoms with Crippen molar-refractivity contribution in [2.75, 3.05) is 39.2 Å². The summed E-state index contributed by atoms with van der Waals surface area (Å²) >= 11 is 0. The van der Waals surface area contributed by atoms with Crippen LogP contribution in [0.15, 0.2) is 30.3 Å². The molecule has 0 unspecified atom stereocenters. The van der Waals surface area contributed by atoms with Gasteiger partial charge in [-0.25, -0.2) is 4.68 Å². The molecule has 1 aromatic carbocycles. The number of methoxy groups -OCH3 is 2. The first kappa shape index (κ1) is 24.4. The molecule has 0 saturated heterocycles. The molecule has 8 heteroatoms. The van der Waals surface area contributed by atoms with Crippen LogP contribution in [0, 0.1) is 5.92 Å². The van der Waals surface area contributed by atoms with Gasteiger partial charge < -0.3 is 19.7 Å². The minimum Gasteiger partial charge on any atom is -0.497 e. The van der Waals surface area contributed by atoms with E-state index in [0.29, 0.717) is 19.0 Å². The first-order valence-corrected chi connectivity index (χ1v) is 10.4. The molecule has 1 N–H and O–H groups in total. The number of nitrogens with zero attached hydrogens (tertiary/aromatic N) is 3. The molecule has 0 fully saturated rings. The molecule has 0 radical (unpaired) electrons. The van der Waals surface area contributed by atoms with Crippen LogP contribution < -0.4 is 10.1 Å². The normalized spacial score (nSPS) is 11.5. The number of nitrogens with one attached hydrogen (secondary N) is 1. The number of ether oxygens (including phenoxy) is 2. The molecule has 0 spiro atoms. The van der Waals surface area contributed by atoms with Crippen LogP contribution in [-0.2, 0) is 19.7 Å². The summed E-state index contributed by atoms with van der Waals surface area (Å²) in [6.45, 7) is 10.5. The third kappa shape index (κ3) is 6.55. The molecule has 0 atom stereocenters. The fourth-order valence-electron chi connectivity index (χ4n) is 2.95. The van der Waals surface area contributed by atoms with Gasteiger partial charge in [0.15, 0.2) is 0 Å². The zero-order valence-corrected chi connectivity index (χ0v) is 19.6. The second-order valence-corrected chi connectivity index (χ2v) is 8.73. The lowest BCUT2D eigenvalue weighted by atomic mass is 9.92. The van der Waals surface area contributed by atoms with E-state index >= 15 is 0 Å². The Balaban J connectivity index is 2.29. The van der Waals surface area contributed by atoms with E-state index in [2.05, 4.69) is 26.1 Å². The maximum Gasteiger partial charge on any atom is 0.245 e. The van der Waals surface area contributed by atoms with Gasteiger partial charge in [-0.2, -0.15) is 5.10 Å². The predicted octanol–water partition coefficient (Wildman–Crippen LogP) is 3.25. The summed E-state index contributed by atoms with van der Waals surface area (Å²) in [5, 5.41) is 7.64. The number of anilines is 1. The molecule has 170 valence electrons. The van der Waals surface area contributed by atoms with Gasteiger partial charge in [0.2, 0.25) is 11.8 Å². The molecule has 0 aliphatic carbocycles. The summed E-state index contributed by atoms with van der Waals surface area (Å²) in [6, 6.07) is 9.30. The predicted molar refractivity (Wildman–Crippen MR) is 121 cm³/mol. The topological polar surface area (TPSA) is 85.7 Å². The highest BCUT2D eigenvalue weighted by atomic mass is 16.5. The van der Waals surface area contributed by atoms with E-state index < -0.39 is 0 Å². The highest BCUT2D eigenvalue weighted by molar-refractivity contribution is 5.94. The Morgan fingerprint density at radius 2 is 1.81 bits per heavy atom. The molecule has 2 aromatic rings. The summed E-state index contributed by atoms with van der Waals surface area (Å²) < 4.78 is 12.0. The Morgan fingerprint density at radius 1 is 1.16 bits per heavy atom. The van der Waals surface area contributed by atoms with Gasteiger partial charge in [0.05, 0.1) is 31.6 Å². The number of hydrogen-bond donors (Lipinski definition) is 1. The zero-order chi connectivity index (χ0) is 23.2. The Bertz CT molecular complexity index is 882. The van der Waals surface area contributed by atoms with Gasteiger partial charge >= 0.3 is 0 Å². The second-order valence-electron chi connectivity index (χ2n) is 8.73. The van der Waals surface area contributed by atoms with Gasteiger partial charge in [-0.3, -0.25) is 9.59 Å². The third-order valence-corrected chi connectivity index (χ3v) is 4.77. The lowest BCUT2D eigenvalue weighted by Crippen LogP contribution is -2.42. The highest BCUT2D eigenvalue weighted by Gasteiger charge is 2.24. The number of carbonyl (C=O) groups excluding carboxylic acids is 2. The summed E-state index contributed by atoms with van der Waals surface area (Å²) in [4.78, 5) is 26.8. The van der Waals surface area contributed by atoms with Crippen LogP contribution in [0.1, 0.15) is 40.3 Å². The van der Waals surface area contributed by atoms with E-state index in [9.17, 15) is 9.59 Å². The number of amides is 2. The van der Waals surface area contributed by atoms with Gasteiger partial charge in [-0.05, 0) is 24.3 Å². The molecule has 0 aliphatic rings. The van der Waals surface area contributed by atoms with Gasteiger partial charge in [-0.15, -0.1) is 0 Å². The monoisotopic (exact) mass is 430 g/mol. The van der Waals surface area contributed by atoms with Crippen molar-refractivity contribution in [1.29, 1.82) is 0 Å². The minimum atomic E-state index is -0.291. The van der Waals surface area contributed by atoms with Crippen molar-refractivity contribution in [3.63, 3.8) is 0 Å². The number of benzene rings is 1. The van der Waals surface area contributed by atoms with Crippen LogP contribution >= 0.6 is 0 Å². The summed E-state index contributed by atoms with van der Waals surface area (Å²) in [7, 11) is 3.18. The molecule has 1 aromatic heterocycles. The molecular weight excluding hydrogens is 396 g/mol. The number of aromatic nitrogens is 2. The fraction of sp³-hybridized carbons (Fsp3) is 0.522. The number of hydrogen-bond acceptors (Lipinski definition) is 5. The maximum atomic E-state index is 12.8. The SMILES string of the molecule is COCCN(CC(=O)Nc1cc(C(C)(C)C)nn1-c1ccc(OC)cc1)C(=O)C(C)C. The van der Waals surface area contributed by atoms with Gasteiger partial charge in [-0.1, -0.05) is 34.6 Å². The fourth-order valence-corrected chi connectivity index (χ4v) is 2.95. The first-order chi connectivity index (χ1) is 14.6. The van der Waals surface area contributed by atoms with Crippen molar-refractivity contribution >= 4 is 17.6 Å².